The summed E-state index contributed by atoms with van der Waals surface area (Å²) >= 11 is 5.91. The number of fused-ring (bicyclic) bond motifs is 1. The third-order valence-corrected chi connectivity index (χ3v) is 4.56. The van der Waals surface area contributed by atoms with E-state index in [1.807, 2.05) is 12.1 Å². The Kier molecular flexibility index (Phi) is 5.01. The van der Waals surface area contributed by atoms with Gasteiger partial charge >= 0.3 is 5.97 Å². The quantitative estimate of drug-likeness (QED) is 0.485. The average molecular weight is 407 g/mol. The summed E-state index contributed by atoms with van der Waals surface area (Å²) in [6.45, 7) is 0. The summed E-state index contributed by atoms with van der Waals surface area (Å²) < 4.78 is 5.77. The molecule has 0 radical (unpaired) electrons. The zero-order valence-electron chi connectivity index (χ0n) is 15.1. The summed E-state index contributed by atoms with van der Waals surface area (Å²) in [5.41, 5.74) is 3.66. The molecule has 7 heteroatoms. The number of oxazole rings is 1. The fourth-order valence-electron chi connectivity index (χ4n) is 2.87. The number of nitrogens with zero attached hydrogens (tertiary/aromatic N) is 1. The number of aliphatic carboxylic acids is 1. The van der Waals surface area contributed by atoms with Crippen LogP contribution in [0.25, 0.3) is 22.6 Å². The maximum atomic E-state index is 12.5. The van der Waals surface area contributed by atoms with Crippen molar-refractivity contribution >= 4 is 40.3 Å². The lowest BCUT2D eigenvalue weighted by Gasteiger charge is -2.05. The Morgan fingerprint density at radius 2 is 1.72 bits per heavy atom. The molecule has 3 aromatic carbocycles. The van der Waals surface area contributed by atoms with Crippen LogP contribution >= 0.6 is 11.6 Å². The van der Waals surface area contributed by atoms with Crippen LogP contribution < -0.4 is 5.32 Å². The van der Waals surface area contributed by atoms with E-state index in [9.17, 15) is 9.59 Å². The first kappa shape index (κ1) is 18.7. The molecule has 0 saturated heterocycles. The largest absolute Gasteiger partial charge is 0.481 e. The molecule has 0 aliphatic carbocycles. The van der Waals surface area contributed by atoms with Crippen molar-refractivity contribution < 1.29 is 19.1 Å². The SMILES string of the molecule is O=C(O)Cc1ccc(C(=O)Nc2ccc3oc(-c4ccc(Cl)cc4)nc3c2)cc1. The predicted molar refractivity (Wildman–Crippen MR) is 110 cm³/mol. The molecule has 0 saturated carbocycles. The smallest absolute Gasteiger partial charge is 0.307 e. The lowest BCUT2D eigenvalue weighted by molar-refractivity contribution is -0.136. The van der Waals surface area contributed by atoms with Crippen LogP contribution in [0, 0.1) is 0 Å². The number of anilines is 1. The van der Waals surface area contributed by atoms with Crippen LogP contribution in [0.4, 0.5) is 5.69 Å². The number of rotatable bonds is 5. The first-order valence-electron chi connectivity index (χ1n) is 8.76. The summed E-state index contributed by atoms with van der Waals surface area (Å²) in [7, 11) is 0. The Morgan fingerprint density at radius 3 is 2.41 bits per heavy atom. The number of nitrogens with one attached hydrogen (secondary N) is 1. The molecule has 1 heterocycles. The molecule has 1 amide bonds. The van der Waals surface area contributed by atoms with E-state index in [2.05, 4.69) is 10.3 Å². The van der Waals surface area contributed by atoms with Gasteiger partial charge in [-0.2, -0.15) is 0 Å². The number of benzene rings is 3. The molecule has 29 heavy (non-hydrogen) atoms. The van der Waals surface area contributed by atoms with E-state index < -0.39 is 5.97 Å². The van der Waals surface area contributed by atoms with Gasteiger partial charge in [-0.1, -0.05) is 23.7 Å². The second-order valence-electron chi connectivity index (χ2n) is 6.43. The average Bonchev–Trinajstić information content (AvgIpc) is 3.12. The van der Waals surface area contributed by atoms with Gasteiger partial charge in [0.1, 0.15) is 5.52 Å². The topological polar surface area (TPSA) is 92.4 Å². The Balaban J connectivity index is 1.52. The number of carbonyl (C=O) groups is 2. The maximum absolute atomic E-state index is 12.5. The summed E-state index contributed by atoms with van der Waals surface area (Å²) in [6, 6.07) is 18.8. The molecule has 0 fully saturated rings. The highest BCUT2D eigenvalue weighted by Crippen LogP contribution is 2.27. The highest BCUT2D eigenvalue weighted by molar-refractivity contribution is 6.30. The highest BCUT2D eigenvalue weighted by Gasteiger charge is 2.11. The Bertz CT molecular complexity index is 1200. The van der Waals surface area contributed by atoms with E-state index in [-0.39, 0.29) is 12.3 Å². The first-order chi connectivity index (χ1) is 14.0. The van der Waals surface area contributed by atoms with Crippen LogP contribution in [0.2, 0.25) is 5.02 Å². The molecule has 6 nitrogen and oxygen atoms in total. The van der Waals surface area contributed by atoms with Crippen LogP contribution in [0.5, 0.6) is 0 Å². The van der Waals surface area contributed by atoms with E-state index in [4.69, 9.17) is 21.1 Å². The van der Waals surface area contributed by atoms with Gasteiger partial charge in [0.15, 0.2) is 5.58 Å². The minimum absolute atomic E-state index is 0.0827. The van der Waals surface area contributed by atoms with Gasteiger partial charge in [-0.3, -0.25) is 9.59 Å². The summed E-state index contributed by atoms with van der Waals surface area (Å²) in [4.78, 5) is 27.7. The van der Waals surface area contributed by atoms with Crippen molar-refractivity contribution in [2.75, 3.05) is 5.32 Å². The van der Waals surface area contributed by atoms with Crippen LogP contribution in [0.3, 0.4) is 0 Å². The second kappa shape index (κ2) is 7.77. The van der Waals surface area contributed by atoms with Gasteiger partial charge in [0.05, 0.1) is 6.42 Å². The minimum Gasteiger partial charge on any atom is -0.481 e. The third kappa shape index (κ3) is 4.28. The number of carboxylic acids is 1. The van der Waals surface area contributed by atoms with Crippen molar-refractivity contribution in [2.45, 2.75) is 6.42 Å². The van der Waals surface area contributed by atoms with Crippen molar-refractivity contribution in [3.8, 4) is 11.5 Å². The molecule has 2 N–H and O–H groups in total. The first-order valence-corrected chi connectivity index (χ1v) is 9.14. The highest BCUT2D eigenvalue weighted by atomic mass is 35.5. The van der Waals surface area contributed by atoms with Crippen molar-refractivity contribution in [1.29, 1.82) is 0 Å². The van der Waals surface area contributed by atoms with Crippen LogP contribution in [-0.2, 0) is 11.2 Å². The van der Waals surface area contributed by atoms with Crippen molar-refractivity contribution in [3.05, 3.63) is 82.9 Å². The zero-order valence-corrected chi connectivity index (χ0v) is 15.8. The summed E-state index contributed by atoms with van der Waals surface area (Å²) in [5, 5.41) is 12.3. The molecule has 1 aromatic heterocycles. The molecule has 4 aromatic rings. The number of hydrogen-bond donors (Lipinski definition) is 2. The number of aromatic nitrogens is 1. The van der Waals surface area contributed by atoms with Crippen molar-refractivity contribution in [1.82, 2.24) is 4.98 Å². The van der Waals surface area contributed by atoms with Crippen LogP contribution in [0.1, 0.15) is 15.9 Å². The fraction of sp³-hybridized carbons (Fsp3) is 0.0455. The van der Waals surface area contributed by atoms with Gasteiger partial charge < -0.3 is 14.8 Å². The number of carbonyl (C=O) groups excluding carboxylic acids is 1. The fourth-order valence-corrected chi connectivity index (χ4v) is 3.00. The predicted octanol–water partition coefficient (Wildman–Crippen LogP) is 5.03. The van der Waals surface area contributed by atoms with Gasteiger partial charge in [0.2, 0.25) is 5.89 Å². The monoisotopic (exact) mass is 406 g/mol. The standard InChI is InChI=1S/C22H15ClN2O4/c23-16-7-5-15(6-8-16)22-25-18-12-17(9-10-19(18)29-22)24-21(28)14-3-1-13(2-4-14)11-20(26)27/h1-10,12H,11H2,(H,24,28)(H,26,27). The minimum atomic E-state index is -0.916. The third-order valence-electron chi connectivity index (χ3n) is 4.31. The van der Waals surface area contributed by atoms with E-state index >= 15 is 0 Å². The Labute approximate surface area is 170 Å². The maximum Gasteiger partial charge on any atom is 0.307 e. The van der Waals surface area contributed by atoms with Gasteiger partial charge in [-0.25, -0.2) is 4.98 Å². The molecule has 0 spiro atoms. The zero-order chi connectivity index (χ0) is 20.4. The van der Waals surface area contributed by atoms with Crippen molar-refractivity contribution in [3.63, 3.8) is 0 Å². The van der Waals surface area contributed by atoms with Crippen LogP contribution in [-0.4, -0.2) is 22.0 Å². The van der Waals surface area contributed by atoms with E-state index in [0.717, 1.165) is 5.56 Å². The molecule has 4 rings (SSSR count). The van der Waals surface area contributed by atoms with E-state index in [1.54, 1.807) is 54.6 Å². The van der Waals surface area contributed by atoms with E-state index in [1.165, 1.54) is 0 Å². The Morgan fingerprint density at radius 1 is 1.00 bits per heavy atom. The lowest BCUT2D eigenvalue weighted by atomic mass is 10.1. The number of carboxylic acid groups (broad SMARTS) is 1. The Hall–Kier alpha value is -3.64. The normalized spacial score (nSPS) is 10.8. The molecule has 0 atom stereocenters. The molecule has 0 aliphatic rings. The summed E-state index contributed by atoms with van der Waals surface area (Å²) in [6.07, 6.45) is -0.0827. The molecular formula is C22H15ClN2O4. The number of hydrogen-bond acceptors (Lipinski definition) is 4. The molecule has 0 aliphatic heterocycles. The number of halogens is 1. The summed E-state index contributed by atoms with van der Waals surface area (Å²) in [5.74, 6) is -0.747. The van der Waals surface area contributed by atoms with E-state index in [0.29, 0.717) is 38.8 Å². The van der Waals surface area contributed by atoms with Gasteiger partial charge in [-0.05, 0) is 60.2 Å². The number of amides is 1. The van der Waals surface area contributed by atoms with Crippen LogP contribution in [0.15, 0.2) is 71.1 Å². The lowest BCUT2D eigenvalue weighted by Crippen LogP contribution is -2.12. The molecule has 0 unspecified atom stereocenters. The molecule has 0 bridgehead atoms. The molecular weight excluding hydrogens is 392 g/mol. The van der Waals surface area contributed by atoms with Gasteiger partial charge in [0, 0.05) is 21.8 Å². The van der Waals surface area contributed by atoms with Gasteiger partial charge in [0.25, 0.3) is 5.91 Å². The second-order valence-corrected chi connectivity index (χ2v) is 6.87. The van der Waals surface area contributed by atoms with Crippen molar-refractivity contribution in [2.24, 2.45) is 0 Å². The molecule has 144 valence electrons. The van der Waals surface area contributed by atoms with Gasteiger partial charge in [-0.15, -0.1) is 0 Å².